The van der Waals surface area contributed by atoms with Crippen molar-refractivity contribution in [3.05, 3.63) is 65.2 Å². The highest BCUT2D eigenvalue weighted by Gasteiger charge is 2.24. The smallest absolute Gasteiger partial charge is 0.238 e. The first-order chi connectivity index (χ1) is 11.7. The van der Waals surface area contributed by atoms with Gasteiger partial charge in [0.05, 0.1) is 18.2 Å². The van der Waals surface area contributed by atoms with E-state index >= 15 is 0 Å². The van der Waals surface area contributed by atoms with Crippen LogP contribution >= 0.6 is 0 Å². The number of carbonyl (C=O) groups excluding carboxylic acids is 1. The Hall–Kier alpha value is -2.64. The van der Waals surface area contributed by atoms with Crippen molar-refractivity contribution >= 4 is 11.6 Å². The average molecular weight is 319 g/mol. The SMILES string of the molecule is CN(CC(=O)Nc1ccc(C#N)cc1)C1CCCc2ccccc21. The van der Waals surface area contributed by atoms with Crippen molar-refractivity contribution in [1.82, 2.24) is 4.90 Å². The fourth-order valence-electron chi connectivity index (χ4n) is 3.35. The normalized spacial score (nSPS) is 16.3. The number of benzene rings is 2. The third-order valence-electron chi connectivity index (χ3n) is 4.56. The van der Waals surface area contributed by atoms with E-state index in [-0.39, 0.29) is 5.91 Å². The van der Waals surface area contributed by atoms with Crippen molar-refractivity contribution in [1.29, 1.82) is 5.26 Å². The molecule has 4 heteroatoms. The van der Waals surface area contributed by atoms with Crippen LogP contribution in [0.25, 0.3) is 0 Å². The molecule has 0 bridgehead atoms. The lowest BCUT2D eigenvalue weighted by molar-refractivity contribution is -0.117. The van der Waals surface area contributed by atoms with Crippen LogP contribution in [0.4, 0.5) is 5.69 Å². The van der Waals surface area contributed by atoms with Gasteiger partial charge in [-0.05, 0) is 61.7 Å². The maximum Gasteiger partial charge on any atom is 0.238 e. The van der Waals surface area contributed by atoms with E-state index in [0.29, 0.717) is 18.2 Å². The predicted octanol–water partition coefficient (Wildman–Crippen LogP) is 3.51. The summed E-state index contributed by atoms with van der Waals surface area (Å²) in [4.78, 5) is 14.4. The zero-order valence-electron chi connectivity index (χ0n) is 13.8. The van der Waals surface area contributed by atoms with E-state index in [4.69, 9.17) is 5.26 Å². The molecule has 2 aromatic carbocycles. The standard InChI is InChI=1S/C20H21N3O/c1-23(19-8-4-6-16-5-2-3-7-18(16)19)14-20(24)22-17-11-9-15(13-21)10-12-17/h2-3,5,7,9-12,19H,4,6,8,14H2,1H3,(H,22,24). The molecule has 24 heavy (non-hydrogen) atoms. The fraction of sp³-hybridized carbons (Fsp3) is 0.300. The van der Waals surface area contributed by atoms with E-state index in [0.717, 1.165) is 24.9 Å². The Kier molecular flexibility index (Phi) is 4.93. The molecule has 4 nitrogen and oxygen atoms in total. The maximum absolute atomic E-state index is 12.3. The van der Waals surface area contributed by atoms with Gasteiger partial charge in [-0.2, -0.15) is 5.26 Å². The summed E-state index contributed by atoms with van der Waals surface area (Å²) in [7, 11) is 2.01. The van der Waals surface area contributed by atoms with Gasteiger partial charge in [-0.1, -0.05) is 24.3 Å². The second-order valence-corrected chi connectivity index (χ2v) is 6.26. The van der Waals surface area contributed by atoms with Crippen LogP contribution in [-0.4, -0.2) is 24.4 Å². The number of anilines is 1. The van der Waals surface area contributed by atoms with Crippen molar-refractivity contribution in [2.24, 2.45) is 0 Å². The summed E-state index contributed by atoms with van der Waals surface area (Å²) >= 11 is 0. The zero-order chi connectivity index (χ0) is 16.9. The third-order valence-corrected chi connectivity index (χ3v) is 4.56. The van der Waals surface area contributed by atoms with E-state index in [1.807, 2.05) is 7.05 Å². The maximum atomic E-state index is 12.3. The van der Waals surface area contributed by atoms with Gasteiger partial charge in [0.1, 0.15) is 0 Å². The number of hydrogen-bond acceptors (Lipinski definition) is 3. The van der Waals surface area contributed by atoms with Crippen molar-refractivity contribution < 1.29 is 4.79 Å². The number of rotatable bonds is 4. The summed E-state index contributed by atoms with van der Waals surface area (Å²) in [5, 5.41) is 11.7. The minimum Gasteiger partial charge on any atom is -0.325 e. The number of fused-ring (bicyclic) bond motifs is 1. The summed E-state index contributed by atoms with van der Waals surface area (Å²) in [5.74, 6) is -0.0368. The molecule has 1 N–H and O–H groups in total. The molecule has 0 aliphatic heterocycles. The van der Waals surface area contributed by atoms with Crippen LogP contribution in [0.2, 0.25) is 0 Å². The molecule has 1 atom stereocenters. The minimum atomic E-state index is -0.0368. The average Bonchev–Trinajstić information content (AvgIpc) is 2.61. The molecule has 122 valence electrons. The van der Waals surface area contributed by atoms with Gasteiger partial charge in [0.2, 0.25) is 5.91 Å². The second-order valence-electron chi connectivity index (χ2n) is 6.26. The van der Waals surface area contributed by atoms with Gasteiger partial charge in [0, 0.05) is 11.7 Å². The highest BCUT2D eigenvalue weighted by molar-refractivity contribution is 5.92. The molecule has 0 saturated heterocycles. The number of nitrogens with one attached hydrogen (secondary N) is 1. The van der Waals surface area contributed by atoms with Gasteiger partial charge in [0.25, 0.3) is 0 Å². The van der Waals surface area contributed by atoms with E-state index in [9.17, 15) is 4.79 Å². The van der Waals surface area contributed by atoms with Crippen molar-refractivity contribution in [2.75, 3.05) is 18.9 Å². The highest BCUT2D eigenvalue weighted by atomic mass is 16.2. The Morgan fingerprint density at radius 2 is 2.00 bits per heavy atom. The first-order valence-corrected chi connectivity index (χ1v) is 8.25. The number of carbonyl (C=O) groups is 1. The third kappa shape index (κ3) is 3.64. The lowest BCUT2D eigenvalue weighted by atomic mass is 9.87. The van der Waals surface area contributed by atoms with Crippen LogP contribution in [0.15, 0.2) is 48.5 Å². The number of likely N-dealkylation sites (N-methyl/N-ethyl adjacent to an activating group) is 1. The summed E-state index contributed by atoms with van der Waals surface area (Å²) in [6.07, 6.45) is 3.36. The van der Waals surface area contributed by atoms with Crippen LogP contribution in [0.5, 0.6) is 0 Å². The molecule has 1 amide bonds. The van der Waals surface area contributed by atoms with E-state index in [1.165, 1.54) is 11.1 Å². The molecule has 3 rings (SSSR count). The Bertz CT molecular complexity index is 761. The van der Waals surface area contributed by atoms with Gasteiger partial charge in [-0.25, -0.2) is 0 Å². The van der Waals surface area contributed by atoms with Crippen LogP contribution in [-0.2, 0) is 11.2 Å². The second kappa shape index (κ2) is 7.29. The number of nitrogens with zero attached hydrogens (tertiary/aromatic N) is 2. The molecule has 0 saturated carbocycles. The van der Waals surface area contributed by atoms with Gasteiger partial charge in [-0.15, -0.1) is 0 Å². The van der Waals surface area contributed by atoms with Gasteiger partial charge >= 0.3 is 0 Å². The molecule has 0 heterocycles. The lowest BCUT2D eigenvalue weighted by Gasteiger charge is -2.32. The van der Waals surface area contributed by atoms with Gasteiger partial charge < -0.3 is 5.32 Å². The van der Waals surface area contributed by atoms with E-state index < -0.39 is 0 Å². The summed E-state index contributed by atoms with van der Waals surface area (Å²) in [6, 6.07) is 17.8. The Morgan fingerprint density at radius 1 is 1.25 bits per heavy atom. The highest BCUT2D eigenvalue weighted by Crippen LogP contribution is 2.33. The topological polar surface area (TPSA) is 56.1 Å². The van der Waals surface area contributed by atoms with Crippen LogP contribution in [0.1, 0.15) is 35.6 Å². The van der Waals surface area contributed by atoms with Gasteiger partial charge in [0.15, 0.2) is 0 Å². The molecule has 1 unspecified atom stereocenters. The van der Waals surface area contributed by atoms with Crippen LogP contribution < -0.4 is 5.32 Å². The van der Waals surface area contributed by atoms with Gasteiger partial charge in [-0.3, -0.25) is 9.69 Å². The van der Waals surface area contributed by atoms with Crippen LogP contribution in [0.3, 0.4) is 0 Å². The minimum absolute atomic E-state index is 0.0368. The molecule has 1 aliphatic carbocycles. The predicted molar refractivity (Wildman–Crippen MR) is 94.5 cm³/mol. The zero-order valence-corrected chi connectivity index (χ0v) is 13.8. The summed E-state index contributed by atoms with van der Waals surface area (Å²) in [6.45, 7) is 0.346. The summed E-state index contributed by atoms with van der Waals surface area (Å²) < 4.78 is 0. The quantitative estimate of drug-likeness (QED) is 0.938. The van der Waals surface area contributed by atoms with Crippen LogP contribution in [0, 0.1) is 11.3 Å². The molecular formula is C20H21N3O. The van der Waals surface area contributed by atoms with E-state index in [2.05, 4.69) is 40.6 Å². The molecule has 0 fully saturated rings. The molecule has 0 radical (unpaired) electrons. The Morgan fingerprint density at radius 3 is 2.75 bits per heavy atom. The number of amides is 1. The molecule has 1 aliphatic rings. The number of hydrogen-bond donors (Lipinski definition) is 1. The Labute approximate surface area is 142 Å². The Balaban J connectivity index is 1.63. The number of aryl methyl sites for hydroxylation is 1. The molecule has 0 aromatic heterocycles. The molecular weight excluding hydrogens is 298 g/mol. The first kappa shape index (κ1) is 16.2. The first-order valence-electron chi connectivity index (χ1n) is 8.25. The fourth-order valence-corrected chi connectivity index (χ4v) is 3.35. The van der Waals surface area contributed by atoms with Crippen molar-refractivity contribution in [3.63, 3.8) is 0 Å². The number of nitriles is 1. The summed E-state index contributed by atoms with van der Waals surface area (Å²) in [5.41, 5.74) is 4.05. The molecule has 0 spiro atoms. The van der Waals surface area contributed by atoms with Crippen molar-refractivity contribution in [2.45, 2.75) is 25.3 Å². The van der Waals surface area contributed by atoms with Crippen molar-refractivity contribution in [3.8, 4) is 6.07 Å². The van der Waals surface area contributed by atoms with E-state index in [1.54, 1.807) is 24.3 Å². The largest absolute Gasteiger partial charge is 0.325 e. The lowest BCUT2D eigenvalue weighted by Crippen LogP contribution is -2.34. The molecule has 2 aromatic rings. The monoisotopic (exact) mass is 319 g/mol.